The van der Waals surface area contributed by atoms with Crippen LogP contribution in [-0.2, 0) is 28.2 Å². The minimum atomic E-state index is -0.143. The van der Waals surface area contributed by atoms with Gasteiger partial charge >= 0.3 is 0 Å². The quantitative estimate of drug-likeness (QED) is 0.140. The number of anilines is 3. The molecule has 10 heteroatoms. The molecule has 0 saturated heterocycles. The smallest absolute Gasteiger partial charge is 0.119 e. The van der Waals surface area contributed by atoms with Crippen molar-refractivity contribution in [2.45, 2.75) is 111 Å². The highest BCUT2D eigenvalue weighted by Gasteiger charge is 2.28. The van der Waals surface area contributed by atoms with Crippen molar-refractivity contribution in [3.05, 3.63) is 196 Å². The number of H-pyrrole nitrogens is 2. The highest BCUT2D eigenvalue weighted by Crippen LogP contribution is 2.45. The van der Waals surface area contributed by atoms with E-state index >= 15 is 0 Å². The Kier molecular flexibility index (Phi) is 13.9. The lowest BCUT2D eigenvalue weighted by Crippen LogP contribution is -2.16. The van der Waals surface area contributed by atoms with Gasteiger partial charge in [-0.15, -0.1) is 5.10 Å². The molecule has 2 aliphatic rings. The van der Waals surface area contributed by atoms with Crippen LogP contribution in [0.3, 0.4) is 0 Å². The van der Waals surface area contributed by atoms with Crippen LogP contribution in [0.1, 0.15) is 134 Å². The fourth-order valence-electron chi connectivity index (χ4n) is 10.7. The summed E-state index contributed by atoms with van der Waals surface area (Å²) in [4.78, 5) is 21.8. The van der Waals surface area contributed by atoms with E-state index in [1.165, 1.54) is 22.3 Å². The number of methoxy groups -OCH3 is 2. The van der Waals surface area contributed by atoms with Crippen LogP contribution >= 0.6 is 0 Å². The molecule has 9 aromatic rings. The number of hydrogen-bond acceptors (Lipinski definition) is 7. The molecule has 2 aliphatic heterocycles. The highest BCUT2D eigenvalue weighted by atomic mass is 16.5. The summed E-state index contributed by atoms with van der Waals surface area (Å²) < 4.78 is 13.4. The van der Waals surface area contributed by atoms with Crippen molar-refractivity contribution < 1.29 is 9.47 Å². The molecular weight excluding hydrogens is 997 g/mol. The maximum absolute atomic E-state index is 5.80. The van der Waals surface area contributed by atoms with E-state index in [0.717, 1.165) is 107 Å². The van der Waals surface area contributed by atoms with E-state index in [0.29, 0.717) is 12.2 Å². The summed E-state index contributed by atoms with van der Waals surface area (Å²) in [5.41, 5.74) is 20.5. The van der Waals surface area contributed by atoms with E-state index in [4.69, 9.17) is 29.8 Å². The fraction of sp³-hybridized carbons (Fsp3) is 0.268. The SMILES string of the molecule is COc1ccc(N(c2ccc(OC)cc2)c2c3nc(c(-c4cc(C(C)(C)C)cc(C(C)(C)C)c4)c4ccc([nH]4)c(-c4cn(Cc5ccccc5)nn4)c4nc(c(-c5cc(C(C)(C)C)cc(C(C)(C)C)c5)c5ccc2[nH]5)C=C4)C=C3)cc1. The van der Waals surface area contributed by atoms with Crippen molar-refractivity contribution in [3.63, 3.8) is 0 Å². The number of nitrogens with one attached hydrogen (secondary N) is 2. The summed E-state index contributed by atoms with van der Waals surface area (Å²) in [5.74, 6) is 1.52. The molecule has 0 unspecified atom stereocenters. The van der Waals surface area contributed by atoms with Crippen LogP contribution in [0, 0.1) is 0 Å². The molecule has 0 aliphatic carbocycles. The number of benzene rings is 5. The van der Waals surface area contributed by atoms with Crippen LogP contribution in [0.2, 0.25) is 0 Å². The number of ether oxygens (including phenoxy) is 2. The van der Waals surface area contributed by atoms with Crippen LogP contribution in [0.4, 0.5) is 17.1 Å². The van der Waals surface area contributed by atoms with Gasteiger partial charge in [-0.1, -0.05) is 155 Å². The summed E-state index contributed by atoms with van der Waals surface area (Å²) in [6, 6.07) is 49.6. The topological polar surface area (TPSA) is 110 Å². The first-order valence-electron chi connectivity index (χ1n) is 28.0. The predicted octanol–water partition coefficient (Wildman–Crippen LogP) is 18.0. The Labute approximate surface area is 477 Å². The molecular formula is C71H74N8O2. The second-order valence-corrected chi connectivity index (χ2v) is 25.6. The largest absolute Gasteiger partial charge is 0.497 e. The molecule has 81 heavy (non-hydrogen) atoms. The van der Waals surface area contributed by atoms with Crippen LogP contribution in [0.5, 0.6) is 11.5 Å². The van der Waals surface area contributed by atoms with E-state index in [9.17, 15) is 0 Å². The molecule has 0 fully saturated rings. The lowest BCUT2D eigenvalue weighted by molar-refractivity contribution is 0.415. The molecule has 0 radical (unpaired) electrons. The third-order valence-corrected chi connectivity index (χ3v) is 15.5. The molecule has 8 bridgehead atoms. The number of rotatable bonds is 10. The summed E-state index contributed by atoms with van der Waals surface area (Å²) in [7, 11) is 3.39. The Balaban J connectivity index is 1.32. The molecule has 0 atom stereocenters. The first kappa shape index (κ1) is 54.2. The standard InChI is InChI=1S/C71H74N8O2/c1-68(2,3)47-36-45(37-48(40-47)69(4,5)6)64-55-28-30-59(72-55)66(63-43-78(77-76-63)42-44-18-16-15-17-19-44)60-31-29-56(73-60)65(46-38-49(70(7,8)9)41-50(39-46)71(10,11)12)58-33-35-62(75-58)67(61-34-32-57(64)74-61)79(51-20-24-53(80-13)25-21-51)52-22-26-54(81-14)27-23-52/h15-41,43,72,75H,42H2,1-14H3. The number of fused-ring (bicyclic) bond motifs is 8. The van der Waals surface area contributed by atoms with E-state index in [1.807, 2.05) is 41.2 Å². The Morgan fingerprint density at radius 3 is 1.28 bits per heavy atom. The van der Waals surface area contributed by atoms with E-state index in [1.54, 1.807) is 14.2 Å². The zero-order valence-corrected chi connectivity index (χ0v) is 49.4. The predicted molar refractivity (Wildman–Crippen MR) is 337 cm³/mol. The molecule has 410 valence electrons. The average Bonchev–Trinajstić information content (AvgIpc) is 4.47. The number of hydrogen-bond donors (Lipinski definition) is 2. The van der Waals surface area contributed by atoms with Gasteiger partial charge in [0.15, 0.2) is 0 Å². The van der Waals surface area contributed by atoms with Gasteiger partial charge in [-0.05, 0) is 158 Å². The van der Waals surface area contributed by atoms with Gasteiger partial charge in [0.05, 0.1) is 72.0 Å². The zero-order valence-electron chi connectivity index (χ0n) is 49.4. The molecule has 10 nitrogen and oxygen atoms in total. The van der Waals surface area contributed by atoms with Crippen molar-refractivity contribution in [2.75, 3.05) is 19.1 Å². The summed E-state index contributed by atoms with van der Waals surface area (Å²) in [6.07, 6.45) is 10.6. The maximum atomic E-state index is 5.80. The highest BCUT2D eigenvalue weighted by molar-refractivity contribution is 6.01. The van der Waals surface area contributed by atoms with Gasteiger partial charge in [0, 0.05) is 33.5 Å². The zero-order chi connectivity index (χ0) is 57.2. The monoisotopic (exact) mass is 1070 g/mol. The van der Waals surface area contributed by atoms with E-state index < -0.39 is 0 Å². The molecule has 4 aromatic heterocycles. The van der Waals surface area contributed by atoms with Gasteiger partial charge in [-0.3, -0.25) is 0 Å². The normalized spacial score (nSPS) is 12.8. The summed E-state index contributed by atoms with van der Waals surface area (Å²) in [6.45, 7) is 28.0. The van der Waals surface area contributed by atoms with Gasteiger partial charge < -0.3 is 24.3 Å². The van der Waals surface area contributed by atoms with Gasteiger partial charge in [0.1, 0.15) is 17.2 Å². The van der Waals surface area contributed by atoms with Crippen LogP contribution < -0.4 is 14.4 Å². The first-order valence-corrected chi connectivity index (χ1v) is 28.0. The van der Waals surface area contributed by atoms with E-state index in [-0.39, 0.29) is 21.7 Å². The summed E-state index contributed by atoms with van der Waals surface area (Å²) >= 11 is 0. The van der Waals surface area contributed by atoms with Crippen molar-refractivity contribution in [2.24, 2.45) is 0 Å². The van der Waals surface area contributed by atoms with Crippen LogP contribution in [-0.4, -0.2) is 49.1 Å². The van der Waals surface area contributed by atoms with Gasteiger partial charge in [-0.25, -0.2) is 14.6 Å². The van der Waals surface area contributed by atoms with Gasteiger partial charge in [0.2, 0.25) is 0 Å². The first-order chi connectivity index (χ1) is 38.5. The molecule has 2 N–H and O–H groups in total. The fourth-order valence-corrected chi connectivity index (χ4v) is 10.7. The minimum absolute atomic E-state index is 0.143. The molecule has 6 heterocycles. The molecule has 5 aromatic carbocycles. The van der Waals surface area contributed by atoms with Crippen molar-refractivity contribution in [1.82, 2.24) is 34.9 Å². The molecule has 0 saturated carbocycles. The number of aromatic nitrogens is 7. The Morgan fingerprint density at radius 2 is 0.840 bits per heavy atom. The van der Waals surface area contributed by atoms with Gasteiger partial charge in [0.25, 0.3) is 0 Å². The van der Waals surface area contributed by atoms with Crippen molar-refractivity contribution >= 4 is 63.4 Å². The molecule has 0 amide bonds. The third kappa shape index (κ3) is 11.0. The van der Waals surface area contributed by atoms with E-state index in [2.05, 4.69) is 231 Å². The van der Waals surface area contributed by atoms with Crippen molar-refractivity contribution in [3.8, 4) is 45.0 Å². The number of aromatic amines is 2. The second-order valence-electron chi connectivity index (χ2n) is 25.6. The van der Waals surface area contributed by atoms with Gasteiger partial charge in [-0.2, -0.15) is 0 Å². The summed E-state index contributed by atoms with van der Waals surface area (Å²) in [5, 5.41) is 9.65. The lowest BCUT2D eigenvalue weighted by Gasteiger charge is -2.27. The molecule has 11 rings (SSSR count). The Hall–Kier alpha value is -8.76. The Bertz CT molecular complexity index is 3890. The average molecular weight is 1070 g/mol. The second kappa shape index (κ2) is 20.7. The lowest BCUT2D eigenvalue weighted by atomic mass is 9.78. The minimum Gasteiger partial charge on any atom is -0.497 e. The van der Waals surface area contributed by atoms with Crippen molar-refractivity contribution in [1.29, 1.82) is 0 Å². The van der Waals surface area contributed by atoms with Crippen LogP contribution in [0.25, 0.3) is 79.9 Å². The number of nitrogens with zero attached hydrogens (tertiary/aromatic N) is 6. The maximum Gasteiger partial charge on any atom is 0.119 e. The molecule has 0 spiro atoms. The Morgan fingerprint density at radius 1 is 0.444 bits per heavy atom. The third-order valence-electron chi connectivity index (χ3n) is 15.5. The van der Waals surface area contributed by atoms with Crippen LogP contribution in [0.15, 0.2) is 146 Å².